The summed E-state index contributed by atoms with van der Waals surface area (Å²) in [5.74, 6) is 0.659. The van der Waals surface area contributed by atoms with Crippen LogP contribution in [0.3, 0.4) is 0 Å². The standard InChI is InChI=1S/C21H29N3O3/c25-20(23-11-13-27-14-12-23)17-7-3-8-18(15-17)22-21(26)24-10-4-9-19(24)16-5-1-2-6-16/h3,7-8,15-16,19H,1-2,4-6,9-14H2,(H,22,26). The summed E-state index contributed by atoms with van der Waals surface area (Å²) in [6.07, 6.45) is 7.29. The summed E-state index contributed by atoms with van der Waals surface area (Å²) in [4.78, 5) is 29.4. The second-order valence-electron chi connectivity index (χ2n) is 7.86. The third kappa shape index (κ3) is 4.10. The number of likely N-dealkylation sites (tertiary alicyclic amines) is 1. The number of nitrogens with zero attached hydrogens (tertiary/aromatic N) is 2. The van der Waals surface area contributed by atoms with Gasteiger partial charge in [-0.2, -0.15) is 0 Å². The summed E-state index contributed by atoms with van der Waals surface area (Å²) in [5, 5.41) is 3.03. The van der Waals surface area contributed by atoms with Crippen molar-refractivity contribution in [1.29, 1.82) is 0 Å². The molecule has 1 aliphatic carbocycles. The van der Waals surface area contributed by atoms with Gasteiger partial charge in [0, 0.05) is 36.9 Å². The van der Waals surface area contributed by atoms with Gasteiger partial charge in [-0.1, -0.05) is 18.9 Å². The number of anilines is 1. The maximum Gasteiger partial charge on any atom is 0.322 e. The predicted molar refractivity (Wildman–Crippen MR) is 104 cm³/mol. The molecule has 6 nitrogen and oxygen atoms in total. The van der Waals surface area contributed by atoms with E-state index in [2.05, 4.69) is 5.32 Å². The summed E-state index contributed by atoms with van der Waals surface area (Å²) in [7, 11) is 0. The molecule has 1 unspecified atom stereocenters. The summed E-state index contributed by atoms with van der Waals surface area (Å²) < 4.78 is 5.31. The highest BCUT2D eigenvalue weighted by atomic mass is 16.5. The second-order valence-corrected chi connectivity index (χ2v) is 7.86. The van der Waals surface area contributed by atoms with Crippen molar-refractivity contribution in [2.75, 3.05) is 38.2 Å². The SMILES string of the molecule is O=C(c1cccc(NC(=O)N2CCCC2C2CCCC2)c1)N1CCOCC1. The highest BCUT2D eigenvalue weighted by Gasteiger charge is 2.35. The maximum absolute atomic E-state index is 12.9. The number of carbonyl (C=O) groups is 2. The molecule has 1 N–H and O–H groups in total. The number of nitrogens with one attached hydrogen (secondary N) is 1. The molecule has 146 valence electrons. The lowest BCUT2D eigenvalue weighted by Gasteiger charge is -2.29. The van der Waals surface area contributed by atoms with Crippen molar-refractivity contribution in [3.8, 4) is 0 Å². The first kappa shape index (κ1) is 18.3. The Morgan fingerprint density at radius 3 is 2.56 bits per heavy atom. The van der Waals surface area contributed by atoms with E-state index < -0.39 is 0 Å². The summed E-state index contributed by atoms with van der Waals surface area (Å²) in [5.41, 5.74) is 1.31. The minimum atomic E-state index is -0.0274. The molecule has 3 fully saturated rings. The second kappa shape index (κ2) is 8.30. The van der Waals surface area contributed by atoms with Crippen LogP contribution in [0.4, 0.5) is 10.5 Å². The molecule has 1 aromatic carbocycles. The Morgan fingerprint density at radius 1 is 1.00 bits per heavy atom. The monoisotopic (exact) mass is 371 g/mol. The highest BCUT2D eigenvalue weighted by Crippen LogP contribution is 2.35. The predicted octanol–water partition coefficient (Wildman–Crippen LogP) is 3.35. The third-order valence-corrected chi connectivity index (χ3v) is 6.16. The van der Waals surface area contributed by atoms with Crippen LogP contribution >= 0.6 is 0 Å². The van der Waals surface area contributed by atoms with E-state index in [4.69, 9.17) is 4.74 Å². The summed E-state index contributed by atoms with van der Waals surface area (Å²) in [6.45, 7) is 3.23. The molecule has 1 atom stereocenters. The molecule has 4 rings (SSSR count). The zero-order valence-corrected chi connectivity index (χ0v) is 15.9. The lowest BCUT2D eigenvalue weighted by Crippen LogP contribution is -2.42. The Bertz CT molecular complexity index is 681. The number of hydrogen-bond acceptors (Lipinski definition) is 3. The fourth-order valence-corrected chi connectivity index (χ4v) is 4.75. The topological polar surface area (TPSA) is 61.9 Å². The van der Waals surface area contributed by atoms with Gasteiger partial charge in [0.25, 0.3) is 5.91 Å². The molecule has 3 aliphatic rings. The molecule has 0 spiro atoms. The van der Waals surface area contributed by atoms with Crippen LogP contribution in [-0.4, -0.2) is 60.6 Å². The van der Waals surface area contributed by atoms with Gasteiger partial charge < -0.3 is 19.9 Å². The number of morpholine rings is 1. The van der Waals surface area contributed by atoms with Crippen LogP contribution in [0.5, 0.6) is 0 Å². The van der Waals surface area contributed by atoms with E-state index in [1.165, 1.54) is 25.7 Å². The fourth-order valence-electron chi connectivity index (χ4n) is 4.75. The Balaban J connectivity index is 1.41. The van der Waals surface area contributed by atoms with Gasteiger partial charge in [0.05, 0.1) is 13.2 Å². The summed E-state index contributed by atoms with van der Waals surface area (Å²) in [6, 6.07) is 7.64. The van der Waals surface area contributed by atoms with E-state index in [1.807, 2.05) is 23.1 Å². The molecule has 1 aromatic rings. The van der Waals surface area contributed by atoms with Gasteiger partial charge in [0.2, 0.25) is 0 Å². The summed E-state index contributed by atoms with van der Waals surface area (Å²) >= 11 is 0. The first-order valence-corrected chi connectivity index (χ1v) is 10.3. The number of rotatable bonds is 3. The van der Waals surface area contributed by atoms with Gasteiger partial charge in [-0.3, -0.25) is 4.79 Å². The van der Waals surface area contributed by atoms with Gasteiger partial charge in [0.15, 0.2) is 0 Å². The molecular formula is C21H29N3O3. The van der Waals surface area contributed by atoms with Gasteiger partial charge >= 0.3 is 6.03 Å². The van der Waals surface area contributed by atoms with E-state index in [0.29, 0.717) is 49.5 Å². The molecule has 6 heteroatoms. The van der Waals surface area contributed by atoms with Gasteiger partial charge in [-0.15, -0.1) is 0 Å². The van der Waals surface area contributed by atoms with Crippen LogP contribution in [0.25, 0.3) is 0 Å². The molecular weight excluding hydrogens is 342 g/mol. The molecule has 0 aromatic heterocycles. The molecule has 3 amide bonds. The van der Waals surface area contributed by atoms with E-state index >= 15 is 0 Å². The molecule has 0 radical (unpaired) electrons. The smallest absolute Gasteiger partial charge is 0.322 e. The lowest BCUT2D eigenvalue weighted by atomic mass is 9.96. The molecule has 2 saturated heterocycles. The Kier molecular flexibility index (Phi) is 5.62. The minimum Gasteiger partial charge on any atom is -0.378 e. The van der Waals surface area contributed by atoms with Crippen LogP contribution in [0.1, 0.15) is 48.9 Å². The molecule has 2 aliphatic heterocycles. The molecule has 0 bridgehead atoms. The minimum absolute atomic E-state index is 0.000552. The quantitative estimate of drug-likeness (QED) is 0.886. The first-order valence-electron chi connectivity index (χ1n) is 10.3. The van der Waals surface area contributed by atoms with E-state index in [0.717, 1.165) is 19.4 Å². The average molecular weight is 371 g/mol. The Hall–Kier alpha value is -2.08. The Labute approximate surface area is 160 Å². The van der Waals surface area contributed by atoms with Crippen molar-refractivity contribution in [2.45, 2.75) is 44.6 Å². The maximum atomic E-state index is 12.9. The van der Waals surface area contributed by atoms with Gasteiger partial charge in [-0.25, -0.2) is 4.79 Å². The van der Waals surface area contributed by atoms with Crippen molar-refractivity contribution < 1.29 is 14.3 Å². The number of urea groups is 1. The molecule has 27 heavy (non-hydrogen) atoms. The number of amides is 3. The van der Waals surface area contributed by atoms with Crippen molar-refractivity contribution in [3.05, 3.63) is 29.8 Å². The number of carbonyl (C=O) groups excluding carboxylic acids is 2. The zero-order valence-electron chi connectivity index (χ0n) is 15.9. The van der Waals surface area contributed by atoms with Crippen LogP contribution in [-0.2, 0) is 4.74 Å². The first-order chi connectivity index (χ1) is 13.2. The zero-order chi connectivity index (χ0) is 18.6. The fraction of sp³-hybridized carbons (Fsp3) is 0.619. The number of hydrogen-bond donors (Lipinski definition) is 1. The van der Waals surface area contributed by atoms with E-state index in [-0.39, 0.29) is 11.9 Å². The number of benzene rings is 1. The lowest BCUT2D eigenvalue weighted by molar-refractivity contribution is 0.0303. The van der Waals surface area contributed by atoms with Crippen LogP contribution in [0.2, 0.25) is 0 Å². The van der Waals surface area contributed by atoms with Crippen molar-refractivity contribution in [1.82, 2.24) is 9.80 Å². The van der Waals surface area contributed by atoms with Crippen LogP contribution in [0, 0.1) is 5.92 Å². The van der Waals surface area contributed by atoms with E-state index in [1.54, 1.807) is 11.0 Å². The van der Waals surface area contributed by atoms with Crippen molar-refractivity contribution >= 4 is 17.6 Å². The molecule has 1 saturated carbocycles. The highest BCUT2D eigenvalue weighted by molar-refractivity contribution is 5.97. The van der Waals surface area contributed by atoms with Gasteiger partial charge in [-0.05, 0) is 49.8 Å². The van der Waals surface area contributed by atoms with Crippen LogP contribution < -0.4 is 5.32 Å². The largest absolute Gasteiger partial charge is 0.378 e. The van der Waals surface area contributed by atoms with Crippen LogP contribution in [0.15, 0.2) is 24.3 Å². The number of ether oxygens (including phenoxy) is 1. The van der Waals surface area contributed by atoms with Crippen molar-refractivity contribution in [2.24, 2.45) is 5.92 Å². The average Bonchev–Trinajstić information content (AvgIpc) is 3.39. The van der Waals surface area contributed by atoms with Crippen molar-refractivity contribution in [3.63, 3.8) is 0 Å². The third-order valence-electron chi connectivity index (χ3n) is 6.16. The normalized spacial score (nSPS) is 23.6. The van der Waals surface area contributed by atoms with E-state index in [9.17, 15) is 9.59 Å². The van der Waals surface area contributed by atoms with Gasteiger partial charge in [0.1, 0.15) is 0 Å². The molecule has 2 heterocycles. The Morgan fingerprint density at radius 2 is 1.78 bits per heavy atom.